The molecule has 0 spiro atoms. The molecule has 1 aliphatic carbocycles. The summed E-state index contributed by atoms with van der Waals surface area (Å²) in [7, 11) is -3.78. The summed E-state index contributed by atoms with van der Waals surface area (Å²) in [5.74, 6) is -0.154. The maximum Gasteiger partial charge on any atom is 0.282 e. The molecule has 6 heteroatoms. The molecule has 104 valence electrons. The van der Waals surface area contributed by atoms with Gasteiger partial charge in [0, 0.05) is 5.57 Å². The van der Waals surface area contributed by atoms with Gasteiger partial charge in [-0.3, -0.25) is 4.79 Å². The second-order valence-electron chi connectivity index (χ2n) is 4.34. The number of allylic oxidation sites excluding steroid dienone is 4. The lowest BCUT2D eigenvalue weighted by molar-refractivity contribution is -0.111. The summed E-state index contributed by atoms with van der Waals surface area (Å²) in [5.41, 5.74) is 1.33. The molecule has 0 radical (unpaired) electrons. The highest BCUT2D eigenvalue weighted by molar-refractivity contribution is 9.12. The van der Waals surface area contributed by atoms with Crippen LogP contribution in [0, 0.1) is 0 Å². The Kier molecular flexibility index (Phi) is 4.06. The normalized spacial score (nSPS) is 18.4. The van der Waals surface area contributed by atoms with Gasteiger partial charge >= 0.3 is 0 Å². The minimum absolute atomic E-state index is 0.124. The molecule has 20 heavy (non-hydrogen) atoms. The van der Waals surface area contributed by atoms with Gasteiger partial charge < -0.3 is 0 Å². The smallest absolute Gasteiger partial charge is 0.282 e. The fourth-order valence-corrected chi connectivity index (χ4v) is 3.27. The van der Waals surface area contributed by atoms with E-state index >= 15 is 0 Å². The first-order chi connectivity index (χ1) is 9.33. The van der Waals surface area contributed by atoms with E-state index in [9.17, 15) is 13.2 Å². The number of rotatable bonds is 2. The zero-order valence-electron chi connectivity index (χ0n) is 10.9. The summed E-state index contributed by atoms with van der Waals surface area (Å²) in [5, 5.41) is 0. The van der Waals surface area contributed by atoms with Crippen molar-refractivity contribution in [1.82, 2.24) is 0 Å². The molecule has 0 fully saturated rings. The van der Waals surface area contributed by atoms with Gasteiger partial charge in [0.05, 0.1) is 15.1 Å². The van der Waals surface area contributed by atoms with E-state index in [-0.39, 0.29) is 16.4 Å². The Morgan fingerprint density at radius 3 is 2.25 bits per heavy atom. The number of sulfonamides is 1. The average Bonchev–Trinajstić information content (AvgIpc) is 2.43. The van der Waals surface area contributed by atoms with E-state index in [4.69, 9.17) is 0 Å². The number of ketones is 1. The summed E-state index contributed by atoms with van der Waals surface area (Å²) < 4.78 is 28.5. The van der Waals surface area contributed by atoms with Gasteiger partial charge in [-0.15, -0.1) is 0 Å². The standard InChI is InChI=1S/C14H12BrNO3S/c1-9-10(2)14(17)12(15)8-13(9)16-20(18,19)11-6-4-3-5-7-11/h3-8H,1-2H3/b16-13+. The highest BCUT2D eigenvalue weighted by Gasteiger charge is 2.22. The zero-order valence-corrected chi connectivity index (χ0v) is 13.3. The lowest BCUT2D eigenvalue weighted by atomic mass is 9.97. The van der Waals surface area contributed by atoms with Gasteiger partial charge in [0.15, 0.2) is 5.78 Å². The molecule has 0 unspecified atom stereocenters. The molecular weight excluding hydrogens is 342 g/mol. The van der Waals surface area contributed by atoms with E-state index in [0.717, 1.165) is 0 Å². The Morgan fingerprint density at radius 1 is 1.05 bits per heavy atom. The third-order valence-electron chi connectivity index (χ3n) is 3.03. The van der Waals surface area contributed by atoms with Crippen LogP contribution in [-0.4, -0.2) is 19.9 Å². The van der Waals surface area contributed by atoms with Crippen molar-refractivity contribution < 1.29 is 13.2 Å². The summed E-state index contributed by atoms with van der Waals surface area (Å²) in [6, 6.07) is 7.97. The van der Waals surface area contributed by atoms with Crippen molar-refractivity contribution in [2.24, 2.45) is 4.40 Å². The van der Waals surface area contributed by atoms with Crippen LogP contribution >= 0.6 is 15.9 Å². The summed E-state index contributed by atoms with van der Waals surface area (Å²) in [4.78, 5) is 11.9. The number of carbonyl (C=O) groups is 1. The monoisotopic (exact) mass is 353 g/mol. The van der Waals surface area contributed by atoms with E-state index in [0.29, 0.717) is 15.6 Å². The minimum Gasteiger partial charge on any atom is -0.288 e. The number of carbonyl (C=O) groups excluding carboxylic acids is 1. The van der Waals surface area contributed by atoms with Crippen molar-refractivity contribution in [2.75, 3.05) is 0 Å². The number of halogens is 1. The van der Waals surface area contributed by atoms with Gasteiger partial charge in [0.2, 0.25) is 0 Å². The van der Waals surface area contributed by atoms with Crippen LogP contribution in [0.2, 0.25) is 0 Å². The first-order valence-corrected chi connectivity index (χ1v) is 8.06. The van der Waals surface area contributed by atoms with Crippen molar-refractivity contribution in [3.8, 4) is 0 Å². The van der Waals surface area contributed by atoms with Crippen molar-refractivity contribution in [3.05, 3.63) is 52.0 Å². The molecule has 0 saturated heterocycles. The third-order valence-corrected chi connectivity index (χ3v) is 4.92. The average molecular weight is 354 g/mol. The molecule has 0 aliphatic heterocycles. The lowest BCUT2D eigenvalue weighted by Gasteiger charge is -2.13. The van der Waals surface area contributed by atoms with Gasteiger partial charge in [0.1, 0.15) is 0 Å². The maximum absolute atomic E-state index is 12.2. The van der Waals surface area contributed by atoms with Crippen molar-refractivity contribution >= 4 is 37.4 Å². The van der Waals surface area contributed by atoms with E-state index < -0.39 is 10.0 Å². The molecular formula is C14H12BrNO3S. The molecule has 0 N–H and O–H groups in total. The van der Waals surface area contributed by atoms with Gasteiger partial charge in [-0.2, -0.15) is 12.8 Å². The molecule has 1 aromatic carbocycles. The molecule has 0 bridgehead atoms. The van der Waals surface area contributed by atoms with Gasteiger partial charge in [-0.1, -0.05) is 18.2 Å². The quantitative estimate of drug-likeness (QED) is 0.767. The molecule has 1 aromatic rings. The molecule has 4 nitrogen and oxygen atoms in total. The van der Waals surface area contributed by atoms with E-state index in [1.807, 2.05) is 0 Å². The molecule has 0 saturated carbocycles. The van der Waals surface area contributed by atoms with Crippen molar-refractivity contribution in [1.29, 1.82) is 0 Å². The summed E-state index contributed by atoms with van der Waals surface area (Å²) in [6.07, 6.45) is 1.44. The lowest BCUT2D eigenvalue weighted by Crippen LogP contribution is -2.15. The maximum atomic E-state index is 12.2. The number of nitrogens with zero attached hydrogens (tertiary/aromatic N) is 1. The third kappa shape index (κ3) is 2.81. The molecule has 0 amide bonds. The van der Waals surface area contributed by atoms with Crippen LogP contribution in [0.5, 0.6) is 0 Å². The Bertz CT molecular complexity index is 759. The van der Waals surface area contributed by atoms with E-state index in [2.05, 4.69) is 20.3 Å². The molecule has 2 rings (SSSR count). The molecule has 0 heterocycles. The minimum atomic E-state index is -3.78. The van der Waals surface area contributed by atoms with E-state index in [1.54, 1.807) is 32.0 Å². The molecule has 1 aliphatic rings. The second kappa shape index (κ2) is 5.46. The largest absolute Gasteiger partial charge is 0.288 e. The summed E-state index contributed by atoms with van der Waals surface area (Å²) in [6.45, 7) is 3.33. The van der Waals surface area contributed by atoms with Gasteiger partial charge in [0.25, 0.3) is 10.0 Å². The highest BCUT2D eigenvalue weighted by Crippen LogP contribution is 2.24. The summed E-state index contributed by atoms with van der Waals surface area (Å²) >= 11 is 3.13. The Balaban J connectivity index is 2.54. The predicted molar refractivity (Wildman–Crippen MR) is 81.5 cm³/mol. The fraction of sp³-hybridized carbons (Fsp3) is 0.143. The van der Waals surface area contributed by atoms with Crippen LogP contribution in [0.3, 0.4) is 0 Å². The number of hydrogen-bond donors (Lipinski definition) is 0. The van der Waals surface area contributed by atoms with Crippen LogP contribution in [0.1, 0.15) is 13.8 Å². The second-order valence-corrected chi connectivity index (χ2v) is 6.79. The predicted octanol–water partition coefficient (Wildman–Crippen LogP) is 3.01. The Labute approximate surface area is 126 Å². The fourth-order valence-electron chi connectivity index (χ4n) is 1.70. The number of Topliss-reactive ketones (excluding diaryl/α,β-unsaturated/α-hetero) is 1. The molecule has 0 atom stereocenters. The van der Waals surface area contributed by atoms with Crippen molar-refractivity contribution in [2.45, 2.75) is 18.7 Å². The van der Waals surface area contributed by atoms with Crippen LogP contribution in [0.15, 0.2) is 61.3 Å². The van der Waals surface area contributed by atoms with Crippen molar-refractivity contribution in [3.63, 3.8) is 0 Å². The van der Waals surface area contributed by atoms with Crippen LogP contribution in [0.25, 0.3) is 0 Å². The first-order valence-electron chi connectivity index (χ1n) is 5.82. The number of benzene rings is 1. The number of hydrogen-bond acceptors (Lipinski definition) is 3. The van der Waals surface area contributed by atoms with Gasteiger partial charge in [-0.25, -0.2) is 0 Å². The first kappa shape index (κ1) is 14.9. The van der Waals surface area contributed by atoms with Gasteiger partial charge in [-0.05, 0) is 53.6 Å². The Hall–Kier alpha value is -1.53. The SMILES string of the molecule is CC1=C(C)/C(=N/S(=O)(=O)c2ccccc2)C=C(Br)C1=O. The zero-order chi connectivity index (χ0) is 14.9. The van der Waals surface area contributed by atoms with Crippen LogP contribution in [-0.2, 0) is 14.8 Å². The van der Waals surface area contributed by atoms with Crippen LogP contribution < -0.4 is 0 Å². The topological polar surface area (TPSA) is 63.6 Å². The highest BCUT2D eigenvalue weighted by atomic mass is 79.9. The van der Waals surface area contributed by atoms with E-state index in [1.165, 1.54) is 18.2 Å². The Morgan fingerprint density at radius 2 is 1.65 bits per heavy atom. The molecule has 0 aromatic heterocycles. The van der Waals surface area contributed by atoms with Crippen LogP contribution in [0.4, 0.5) is 0 Å².